The molecule has 3 N–H and O–H groups in total. The second kappa shape index (κ2) is 4.63. The van der Waals surface area contributed by atoms with Gasteiger partial charge in [0.05, 0.1) is 31.0 Å². The molecule has 1 aromatic heterocycles. The van der Waals surface area contributed by atoms with Crippen molar-refractivity contribution in [3.63, 3.8) is 0 Å². The molecule has 0 spiro atoms. The molecule has 1 saturated carbocycles. The van der Waals surface area contributed by atoms with Gasteiger partial charge in [0.2, 0.25) is 5.91 Å². The molecular formula is C10H16N4O2. The molecule has 1 amide bonds. The second-order valence-electron chi connectivity index (χ2n) is 3.98. The molecule has 88 valence electrons. The molecule has 6 heteroatoms. The van der Waals surface area contributed by atoms with Crippen molar-refractivity contribution in [2.75, 3.05) is 19.0 Å². The van der Waals surface area contributed by atoms with Crippen LogP contribution in [0, 0.1) is 5.92 Å². The van der Waals surface area contributed by atoms with Crippen LogP contribution in [0.3, 0.4) is 0 Å². The minimum atomic E-state index is -0.0256. The van der Waals surface area contributed by atoms with Crippen LogP contribution in [-0.2, 0) is 16.1 Å². The number of amides is 1. The maximum Gasteiger partial charge on any atom is 0.229 e. The summed E-state index contributed by atoms with van der Waals surface area (Å²) in [7, 11) is 1.64. The van der Waals surface area contributed by atoms with Crippen molar-refractivity contribution in [1.82, 2.24) is 9.78 Å². The highest BCUT2D eigenvalue weighted by Crippen LogP contribution is 2.28. The highest BCUT2D eigenvalue weighted by molar-refractivity contribution is 5.94. The number of hydrogen-bond acceptors (Lipinski definition) is 4. The van der Waals surface area contributed by atoms with E-state index in [4.69, 9.17) is 10.5 Å². The van der Waals surface area contributed by atoms with Crippen molar-refractivity contribution in [3.05, 3.63) is 12.4 Å². The first-order valence-electron chi connectivity index (χ1n) is 5.28. The minimum Gasteiger partial charge on any atom is -0.383 e. The number of anilines is 1. The van der Waals surface area contributed by atoms with E-state index < -0.39 is 0 Å². The van der Waals surface area contributed by atoms with Crippen LogP contribution in [0.4, 0.5) is 5.69 Å². The van der Waals surface area contributed by atoms with Gasteiger partial charge < -0.3 is 15.8 Å². The number of nitrogens with two attached hydrogens (primary N) is 1. The van der Waals surface area contributed by atoms with Crippen LogP contribution in [0.15, 0.2) is 12.4 Å². The van der Waals surface area contributed by atoms with E-state index >= 15 is 0 Å². The fourth-order valence-corrected chi connectivity index (χ4v) is 1.49. The Labute approximate surface area is 93.8 Å². The Morgan fingerprint density at radius 2 is 2.56 bits per heavy atom. The van der Waals surface area contributed by atoms with Crippen LogP contribution in [0.2, 0.25) is 0 Å². The summed E-state index contributed by atoms with van der Waals surface area (Å²) in [5.74, 6) is -0.0406. The largest absolute Gasteiger partial charge is 0.383 e. The number of rotatable bonds is 5. The number of carbonyl (C=O) groups is 1. The average Bonchev–Trinajstić information content (AvgIpc) is 2.83. The zero-order valence-electron chi connectivity index (χ0n) is 9.22. The van der Waals surface area contributed by atoms with Crippen LogP contribution in [0.5, 0.6) is 0 Å². The van der Waals surface area contributed by atoms with Crippen LogP contribution in [0.25, 0.3) is 0 Å². The van der Waals surface area contributed by atoms with Gasteiger partial charge in [0.25, 0.3) is 0 Å². The molecule has 1 aliphatic carbocycles. The fraction of sp³-hybridized carbons (Fsp3) is 0.600. The highest BCUT2D eigenvalue weighted by Gasteiger charge is 2.40. The molecule has 1 aliphatic rings. The summed E-state index contributed by atoms with van der Waals surface area (Å²) >= 11 is 0. The third-order valence-electron chi connectivity index (χ3n) is 2.60. The van der Waals surface area contributed by atoms with E-state index in [-0.39, 0.29) is 17.9 Å². The summed E-state index contributed by atoms with van der Waals surface area (Å²) in [5.41, 5.74) is 6.30. The topological polar surface area (TPSA) is 82.2 Å². The summed E-state index contributed by atoms with van der Waals surface area (Å²) in [6.45, 7) is 1.28. The Morgan fingerprint density at radius 1 is 1.81 bits per heavy atom. The zero-order valence-corrected chi connectivity index (χ0v) is 9.22. The van der Waals surface area contributed by atoms with E-state index in [9.17, 15) is 4.79 Å². The third-order valence-corrected chi connectivity index (χ3v) is 2.60. The first-order valence-corrected chi connectivity index (χ1v) is 5.28. The number of nitrogens with one attached hydrogen (secondary N) is 1. The number of nitrogens with zero attached hydrogens (tertiary/aromatic N) is 2. The van der Waals surface area contributed by atoms with Gasteiger partial charge in [-0.25, -0.2) is 0 Å². The first kappa shape index (κ1) is 11.1. The molecule has 1 aromatic rings. The summed E-state index contributed by atoms with van der Waals surface area (Å²) < 4.78 is 6.66. The summed E-state index contributed by atoms with van der Waals surface area (Å²) in [6, 6.07) is 0.0311. The SMILES string of the molecule is COCCn1cc(NC(=O)C2CC2N)cn1. The Bertz CT molecular complexity index is 377. The molecule has 1 heterocycles. The van der Waals surface area contributed by atoms with E-state index in [1.54, 1.807) is 24.2 Å². The molecule has 2 unspecified atom stereocenters. The highest BCUT2D eigenvalue weighted by atomic mass is 16.5. The third kappa shape index (κ3) is 2.59. The van der Waals surface area contributed by atoms with Gasteiger partial charge >= 0.3 is 0 Å². The number of hydrogen-bond donors (Lipinski definition) is 2. The Morgan fingerprint density at radius 3 is 3.19 bits per heavy atom. The molecule has 0 saturated heterocycles. The smallest absolute Gasteiger partial charge is 0.229 e. The number of carbonyl (C=O) groups excluding carboxylic acids is 1. The van der Waals surface area contributed by atoms with Crippen molar-refractivity contribution in [3.8, 4) is 0 Å². The lowest BCUT2D eigenvalue weighted by atomic mass is 10.3. The molecule has 0 bridgehead atoms. The number of methoxy groups -OCH3 is 1. The van der Waals surface area contributed by atoms with Crippen LogP contribution < -0.4 is 11.1 Å². The molecule has 2 rings (SSSR count). The molecule has 16 heavy (non-hydrogen) atoms. The van der Waals surface area contributed by atoms with Crippen LogP contribution in [-0.4, -0.2) is 35.4 Å². The zero-order chi connectivity index (χ0) is 11.5. The Kier molecular flexibility index (Phi) is 3.21. The molecule has 0 aromatic carbocycles. The van der Waals surface area contributed by atoms with Crippen LogP contribution in [0.1, 0.15) is 6.42 Å². The standard InChI is InChI=1S/C10H16N4O2/c1-16-3-2-14-6-7(5-12-14)13-10(15)8-4-9(8)11/h5-6,8-9H,2-4,11H2,1H3,(H,13,15). The Balaban J connectivity index is 1.85. The maximum atomic E-state index is 11.6. The van der Waals surface area contributed by atoms with Crippen molar-refractivity contribution < 1.29 is 9.53 Å². The monoisotopic (exact) mass is 224 g/mol. The summed E-state index contributed by atoms with van der Waals surface area (Å²) in [5, 5.41) is 6.88. The molecular weight excluding hydrogens is 208 g/mol. The summed E-state index contributed by atoms with van der Waals surface area (Å²) in [4.78, 5) is 11.6. The Hall–Kier alpha value is -1.40. The quantitative estimate of drug-likeness (QED) is 0.726. The average molecular weight is 224 g/mol. The van der Waals surface area contributed by atoms with Crippen molar-refractivity contribution >= 4 is 11.6 Å². The van der Waals surface area contributed by atoms with E-state index in [0.717, 1.165) is 6.42 Å². The van der Waals surface area contributed by atoms with Gasteiger partial charge in [0, 0.05) is 19.3 Å². The second-order valence-corrected chi connectivity index (χ2v) is 3.98. The van der Waals surface area contributed by atoms with Gasteiger partial charge in [-0.15, -0.1) is 0 Å². The minimum absolute atomic E-state index is 0.0150. The normalized spacial score (nSPS) is 23.1. The molecule has 0 aliphatic heterocycles. The predicted octanol–water partition coefficient (Wildman–Crippen LogP) is -0.185. The van der Waals surface area contributed by atoms with E-state index in [1.807, 2.05) is 0 Å². The van der Waals surface area contributed by atoms with Gasteiger partial charge in [-0.05, 0) is 6.42 Å². The van der Waals surface area contributed by atoms with Gasteiger partial charge in [0.15, 0.2) is 0 Å². The van der Waals surface area contributed by atoms with Gasteiger partial charge in [0.1, 0.15) is 0 Å². The molecule has 2 atom stereocenters. The lowest BCUT2D eigenvalue weighted by molar-refractivity contribution is -0.117. The van der Waals surface area contributed by atoms with Crippen molar-refractivity contribution in [2.45, 2.75) is 19.0 Å². The first-order chi connectivity index (χ1) is 7.70. The fourth-order valence-electron chi connectivity index (χ4n) is 1.49. The lowest BCUT2D eigenvalue weighted by Crippen LogP contribution is -2.18. The van der Waals surface area contributed by atoms with Crippen molar-refractivity contribution in [2.24, 2.45) is 11.7 Å². The van der Waals surface area contributed by atoms with Gasteiger partial charge in [-0.1, -0.05) is 0 Å². The van der Waals surface area contributed by atoms with E-state index in [0.29, 0.717) is 18.8 Å². The predicted molar refractivity (Wildman–Crippen MR) is 58.8 cm³/mol. The molecule has 6 nitrogen and oxygen atoms in total. The molecule has 0 radical (unpaired) electrons. The van der Waals surface area contributed by atoms with Gasteiger partial charge in [-0.3, -0.25) is 9.48 Å². The summed E-state index contributed by atoms with van der Waals surface area (Å²) in [6.07, 6.45) is 4.19. The number of aromatic nitrogens is 2. The maximum absolute atomic E-state index is 11.6. The van der Waals surface area contributed by atoms with Gasteiger partial charge in [-0.2, -0.15) is 5.10 Å². The lowest BCUT2D eigenvalue weighted by Gasteiger charge is -2.00. The molecule has 1 fully saturated rings. The van der Waals surface area contributed by atoms with E-state index in [1.165, 1.54) is 0 Å². The van der Waals surface area contributed by atoms with Crippen molar-refractivity contribution in [1.29, 1.82) is 0 Å². The number of ether oxygens (including phenoxy) is 1. The van der Waals surface area contributed by atoms with Crippen LogP contribution >= 0.6 is 0 Å². The van der Waals surface area contributed by atoms with E-state index in [2.05, 4.69) is 10.4 Å².